The van der Waals surface area contributed by atoms with Crippen molar-refractivity contribution in [2.75, 3.05) is 26.0 Å². The van der Waals surface area contributed by atoms with Crippen LogP contribution in [0.3, 0.4) is 0 Å². The molecule has 0 fully saturated rings. The van der Waals surface area contributed by atoms with Crippen LogP contribution in [0.2, 0.25) is 0 Å². The zero-order valence-electron chi connectivity index (χ0n) is 15.4. The van der Waals surface area contributed by atoms with Gasteiger partial charge in [-0.3, -0.25) is 14.5 Å². The zero-order chi connectivity index (χ0) is 19.0. The molecular formula is C18H23N5O3. The summed E-state index contributed by atoms with van der Waals surface area (Å²) in [6, 6.07) is 7.91. The van der Waals surface area contributed by atoms with Gasteiger partial charge in [0, 0.05) is 27.7 Å². The van der Waals surface area contributed by atoms with Crippen molar-refractivity contribution in [3.05, 3.63) is 47.4 Å². The molecule has 3 rings (SSSR count). The summed E-state index contributed by atoms with van der Waals surface area (Å²) in [4.78, 5) is 33.7. The highest BCUT2D eigenvalue weighted by Crippen LogP contribution is 2.26. The lowest BCUT2D eigenvalue weighted by atomic mass is 10.1. The van der Waals surface area contributed by atoms with E-state index in [0.717, 1.165) is 11.1 Å². The van der Waals surface area contributed by atoms with Gasteiger partial charge in [0.2, 0.25) is 12.3 Å². The summed E-state index contributed by atoms with van der Waals surface area (Å²) in [7, 11) is 4.90. The first-order valence-corrected chi connectivity index (χ1v) is 8.33. The number of amides is 2. The number of carbonyl (C=O) groups is 2. The topological polar surface area (TPSA) is 81.9 Å². The second-order valence-electron chi connectivity index (χ2n) is 6.59. The van der Waals surface area contributed by atoms with E-state index in [-0.39, 0.29) is 18.4 Å². The van der Waals surface area contributed by atoms with Crippen LogP contribution < -0.4 is 4.90 Å². The number of fused-ring (bicyclic) bond motifs is 1. The van der Waals surface area contributed by atoms with Gasteiger partial charge in [-0.25, -0.2) is 4.98 Å². The number of carbonyl (C=O) groups excluding carboxylic acids is 2. The number of anilines is 1. The fourth-order valence-corrected chi connectivity index (χ4v) is 3.01. The molecule has 0 saturated carbocycles. The molecule has 1 aromatic heterocycles. The Kier molecular flexibility index (Phi) is 4.69. The van der Waals surface area contributed by atoms with Crippen LogP contribution in [-0.4, -0.2) is 63.8 Å². The molecule has 8 heteroatoms. The molecular weight excluding hydrogens is 334 g/mol. The average Bonchev–Trinajstić information content (AvgIpc) is 3.03. The van der Waals surface area contributed by atoms with Crippen LogP contribution in [0.5, 0.6) is 0 Å². The maximum absolute atomic E-state index is 12.6. The van der Waals surface area contributed by atoms with Crippen molar-refractivity contribution in [2.24, 2.45) is 0 Å². The number of aliphatic hydroxyl groups is 1. The molecule has 1 aliphatic rings. The molecule has 0 spiro atoms. The molecule has 0 aliphatic carbocycles. The molecule has 0 bridgehead atoms. The fourth-order valence-electron chi connectivity index (χ4n) is 3.01. The summed E-state index contributed by atoms with van der Waals surface area (Å²) in [6.45, 7) is 2.51. The highest BCUT2D eigenvalue weighted by molar-refractivity contribution is 5.99. The van der Waals surface area contributed by atoms with Gasteiger partial charge < -0.3 is 19.5 Å². The number of hydrogen-bond donors (Lipinski definition) is 1. The maximum atomic E-state index is 12.6. The number of benzene rings is 1. The number of aliphatic hydroxyl groups excluding tert-OH is 1. The van der Waals surface area contributed by atoms with E-state index in [1.807, 2.05) is 31.2 Å². The van der Waals surface area contributed by atoms with Gasteiger partial charge in [-0.2, -0.15) is 0 Å². The molecule has 1 unspecified atom stereocenters. The lowest BCUT2D eigenvalue weighted by Crippen LogP contribution is -2.52. The lowest BCUT2D eigenvalue weighted by molar-refractivity contribution is -0.131. The van der Waals surface area contributed by atoms with Crippen molar-refractivity contribution in [1.29, 1.82) is 0 Å². The highest BCUT2D eigenvalue weighted by Gasteiger charge is 2.36. The SMILES string of the molecule is Cc1ccccc1CN(C)C(=O)Cn1cnc2c1C(=O)N(C)C(O)N2C. The van der Waals surface area contributed by atoms with E-state index < -0.39 is 6.35 Å². The van der Waals surface area contributed by atoms with Crippen molar-refractivity contribution < 1.29 is 14.7 Å². The van der Waals surface area contributed by atoms with Crippen LogP contribution in [0.25, 0.3) is 0 Å². The summed E-state index contributed by atoms with van der Waals surface area (Å²) in [6.07, 6.45) is 0.391. The summed E-state index contributed by atoms with van der Waals surface area (Å²) in [5.74, 6) is -0.120. The minimum atomic E-state index is -1.07. The Hall–Kier alpha value is -2.87. The summed E-state index contributed by atoms with van der Waals surface area (Å²) < 4.78 is 1.53. The van der Waals surface area contributed by atoms with Crippen LogP contribution >= 0.6 is 0 Å². The van der Waals surface area contributed by atoms with Gasteiger partial charge >= 0.3 is 0 Å². The summed E-state index contributed by atoms with van der Waals surface area (Å²) in [5, 5.41) is 10.0. The largest absolute Gasteiger partial charge is 0.356 e. The Morgan fingerprint density at radius 2 is 1.96 bits per heavy atom. The predicted octanol–water partition coefficient (Wildman–Crippen LogP) is 0.648. The van der Waals surface area contributed by atoms with Crippen molar-refractivity contribution in [3.8, 4) is 0 Å². The number of rotatable bonds is 4. The average molecular weight is 357 g/mol. The first-order valence-electron chi connectivity index (χ1n) is 8.33. The van der Waals surface area contributed by atoms with E-state index in [1.165, 1.54) is 27.7 Å². The van der Waals surface area contributed by atoms with Gasteiger partial charge in [0.25, 0.3) is 5.91 Å². The molecule has 1 aliphatic heterocycles. The van der Waals surface area contributed by atoms with Gasteiger partial charge in [0.15, 0.2) is 11.5 Å². The van der Waals surface area contributed by atoms with Gasteiger partial charge in [0.05, 0.1) is 6.33 Å². The third-order valence-electron chi connectivity index (χ3n) is 4.77. The molecule has 1 atom stereocenters. The molecule has 2 heterocycles. The van der Waals surface area contributed by atoms with Crippen LogP contribution in [0, 0.1) is 6.92 Å². The molecule has 138 valence electrons. The van der Waals surface area contributed by atoms with E-state index >= 15 is 0 Å². The number of aryl methyl sites for hydroxylation is 1. The quantitative estimate of drug-likeness (QED) is 0.869. The fraction of sp³-hybridized carbons (Fsp3) is 0.389. The molecule has 0 saturated heterocycles. The van der Waals surface area contributed by atoms with Crippen molar-refractivity contribution >= 4 is 17.6 Å². The Balaban J connectivity index is 1.78. The van der Waals surface area contributed by atoms with Gasteiger partial charge in [-0.1, -0.05) is 24.3 Å². The number of imidazole rings is 1. The number of likely N-dealkylation sites (N-methyl/N-ethyl adjacent to an activating group) is 1. The summed E-state index contributed by atoms with van der Waals surface area (Å²) in [5.41, 5.74) is 2.51. The number of nitrogens with zero attached hydrogens (tertiary/aromatic N) is 5. The second kappa shape index (κ2) is 6.80. The minimum Gasteiger partial charge on any atom is -0.356 e. The lowest BCUT2D eigenvalue weighted by Gasteiger charge is -2.36. The molecule has 1 N–H and O–H groups in total. The van der Waals surface area contributed by atoms with E-state index in [0.29, 0.717) is 18.1 Å². The monoisotopic (exact) mass is 357 g/mol. The molecule has 26 heavy (non-hydrogen) atoms. The normalized spacial score (nSPS) is 16.7. The number of aromatic nitrogens is 2. The van der Waals surface area contributed by atoms with Gasteiger partial charge in [0.1, 0.15) is 6.54 Å². The zero-order valence-corrected chi connectivity index (χ0v) is 15.4. The van der Waals surface area contributed by atoms with Gasteiger partial charge in [-0.05, 0) is 18.1 Å². The first-order chi connectivity index (χ1) is 12.3. The number of hydrogen-bond acceptors (Lipinski definition) is 5. The predicted molar refractivity (Wildman–Crippen MR) is 96.4 cm³/mol. The van der Waals surface area contributed by atoms with Crippen LogP contribution in [0.4, 0.5) is 5.82 Å². The standard InChI is InChI=1S/C18H23N5O3/c1-12-7-5-6-8-13(12)9-20(2)14(24)10-23-11-19-16-15(23)17(25)22(4)18(26)21(16)3/h5-8,11,18,26H,9-10H2,1-4H3. The van der Waals surface area contributed by atoms with Crippen molar-refractivity contribution in [2.45, 2.75) is 26.4 Å². The second-order valence-corrected chi connectivity index (χ2v) is 6.59. The van der Waals surface area contributed by atoms with Gasteiger partial charge in [-0.15, -0.1) is 0 Å². The van der Waals surface area contributed by atoms with Crippen LogP contribution in [0.1, 0.15) is 21.6 Å². The smallest absolute Gasteiger partial charge is 0.277 e. The highest BCUT2D eigenvalue weighted by atomic mass is 16.3. The molecule has 8 nitrogen and oxygen atoms in total. The Morgan fingerprint density at radius 3 is 2.65 bits per heavy atom. The Morgan fingerprint density at radius 1 is 1.27 bits per heavy atom. The third kappa shape index (κ3) is 3.03. The molecule has 0 radical (unpaired) electrons. The third-order valence-corrected chi connectivity index (χ3v) is 4.77. The Bertz CT molecular complexity index is 847. The minimum absolute atomic E-state index is 0.00816. The van der Waals surface area contributed by atoms with E-state index in [4.69, 9.17) is 0 Å². The van der Waals surface area contributed by atoms with E-state index in [9.17, 15) is 14.7 Å². The van der Waals surface area contributed by atoms with Crippen LogP contribution in [-0.2, 0) is 17.9 Å². The van der Waals surface area contributed by atoms with E-state index in [1.54, 1.807) is 19.0 Å². The maximum Gasteiger partial charge on any atom is 0.277 e. The Labute approximate surface area is 152 Å². The molecule has 2 aromatic rings. The van der Waals surface area contributed by atoms with E-state index in [2.05, 4.69) is 4.98 Å². The van der Waals surface area contributed by atoms with Crippen LogP contribution in [0.15, 0.2) is 30.6 Å². The molecule has 1 aromatic carbocycles. The van der Waals surface area contributed by atoms with Crippen molar-refractivity contribution in [1.82, 2.24) is 19.4 Å². The first kappa shape index (κ1) is 17.9. The van der Waals surface area contributed by atoms with Crippen molar-refractivity contribution in [3.63, 3.8) is 0 Å². The summed E-state index contributed by atoms with van der Waals surface area (Å²) >= 11 is 0. The molecule has 2 amide bonds.